The summed E-state index contributed by atoms with van der Waals surface area (Å²) < 4.78 is 17.7. The third-order valence-electron chi connectivity index (χ3n) is 6.94. The fourth-order valence-corrected chi connectivity index (χ4v) is 5.33. The van der Waals surface area contributed by atoms with Crippen molar-refractivity contribution >= 4 is 32.8 Å². The number of aryl methyl sites for hydroxylation is 2. The lowest BCUT2D eigenvalue weighted by Crippen LogP contribution is -2.31. The first kappa shape index (κ1) is 17.5. The Morgan fingerprint density at radius 1 is 1.00 bits per heavy atom. The Kier molecular flexibility index (Phi) is 4.06. The summed E-state index contributed by atoms with van der Waals surface area (Å²) in [5.41, 5.74) is 6.21. The van der Waals surface area contributed by atoms with Gasteiger partial charge in [0.2, 0.25) is 11.4 Å². The highest BCUT2D eigenvalue weighted by Crippen LogP contribution is 2.43. The van der Waals surface area contributed by atoms with Gasteiger partial charge in [0, 0.05) is 35.9 Å². The van der Waals surface area contributed by atoms with Crippen molar-refractivity contribution in [3.05, 3.63) is 72.1 Å². The van der Waals surface area contributed by atoms with Crippen molar-refractivity contribution in [1.82, 2.24) is 4.98 Å². The summed E-state index contributed by atoms with van der Waals surface area (Å²) >= 11 is 0. The van der Waals surface area contributed by atoms with Crippen molar-refractivity contribution in [3.63, 3.8) is 0 Å². The van der Waals surface area contributed by atoms with Gasteiger partial charge in [0.1, 0.15) is 12.6 Å². The Morgan fingerprint density at radius 2 is 1.77 bits per heavy atom. The number of fused-ring (bicyclic) bond motifs is 5. The van der Waals surface area contributed by atoms with E-state index in [-0.39, 0.29) is 0 Å². The van der Waals surface area contributed by atoms with E-state index >= 15 is 0 Å². The molecule has 1 aliphatic rings. The van der Waals surface area contributed by atoms with Crippen LogP contribution in [-0.2, 0) is 7.05 Å². The number of aromatic nitrogens is 2. The van der Waals surface area contributed by atoms with Crippen LogP contribution in [0.2, 0.25) is 0 Å². The predicted octanol–water partition coefficient (Wildman–Crippen LogP) is 6.98. The molecule has 0 atom stereocenters. The molecule has 0 spiro atoms. The van der Waals surface area contributed by atoms with Crippen LogP contribution in [0.25, 0.3) is 44.1 Å². The lowest BCUT2D eigenvalue weighted by atomic mass is 9.83. The van der Waals surface area contributed by atoms with E-state index in [9.17, 15) is 1.37 Å². The summed E-state index contributed by atoms with van der Waals surface area (Å²) in [4.78, 5) is 4.51. The van der Waals surface area contributed by atoms with E-state index in [0.717, 1.165) is 58.7 Å². The maximum Gasteiger partial charge on any atom is 0.227 e. The van der Waals surface area contributed by atoms with E-state index in [4.69, 9.17) is 4.42 Å². The van der Waals surface area contributed by atoms with Gasteiger partial charge in [0.15, 0.2) is 6.20 Å². The Labute approximate surface area is 183 Å². The number of benzene rings is 2. The molecule has 5 aromatic rings. The van der Waals surface area contributed by atoms with E-state index in [1.54, 1.807) is 6.20 Å². The second kappa shape index (κ2) is 7.19. The van der Waals surface area contributed by atoms with Crippen LogP contribution < -0.4 is 4.57 Å². The summed E-state index contributed by atoms with van der Waals surface area (Å²) in [6.07, 6.45) is 9.29. The van der Waals surface area contributed by atoms with Gasteiger partial charge in [-0.15, -0.1) is 0 Å². The standard InChI is InChI=1S/C28H27N2O/c1-18-21-11-6-7-12-22(21)27-26(23-13-8-15-29-28(23)31-27)25(18)24-17-20(14-16-30(24)2)19-9-4-3-5-10-19/h6-8,11-17,19H,3-5,9-10H2,1-2H3/q+1/i19D. The maximum absolute atomic E-state index is 9.20. The molecule has 0 saturated heterocycles. The second-order valence-corrected chi connectivity index (χ2v) is 8.78. The van der Waals surface area contributed by atoms with Gasteiger partial charge in [-0.3, -0.25) is 0 Å². The van der Waals surface area contributed by atoms with Crippen molar-refractivity contribution in [2.24, 2.45) is 7.05 Å². The molecule has 1 saturated carbocycles. The highest BCUT2D eigenvalue weighted by atomic mass is 16.3. The normalized spacial score (nSPS) is 16.8. The Morgan fingerprint density at radius 3 is 2.61 bits per heavy atom. The minimum atomic E-state index is -0.495. The predicted molar refractivity (Wildman–Crippen MR) is 126 cm³/mol. The third kappa shape index (κ3) is 2.87. The SMILES string of the molecule is [2H]C1(c2cc[n+](C)c(-c3c(C)c4ccccc4c4oc5ncccc5c34)c2)CCCCC1. The molecule has 6 rings (SSSR count). The summed E-state index contributed by atoms with van der Waals surface area (Å²) in [6.45, 7) is 2.20. The van der Waals surface area contributed by atoms with Crippen LogP contribution in [-0.4, -0.2) is 4.98 Å². The molecule has 0 unspecified atom stereocenters. The van der Waals surface area contributed by atoms with E-state index in [1.165, 1.54) is 22.9 Å². The first-order valence-corrected chi connectivity index (χ1v) is 11.3. The number of hydrogen-bond acceptors (Lipinski definition) is 2. The van der Waals surface area contributed by atoms with Crippen LogP contribution in [0.3, 0.4) is 0 Å². The molecule has 154 valence electrons. The smallest absolute Gasteiger partial charge is 0.227 e. The molecule has 3 heterocycles. The number of rotatable bonds is 2. The first-order chi connectivity index (χ1) is 15.6. The van der Waals surface area contributed by atoms with Crippen LogP contribution >= 0.6 is 0 Å². The molecular formula is C28H27N2O+. The van der Waals surface area contributed by atoms with E-state index in [0.29, 0.717) is 5.71 Å². The molecule has 1 fully saturated rings. The number of hydrogen-bond donors (Lipinski definition) is 0. The van der Waals surface area contributed by atoms with E-state index < -0.39 is 5.89 Å². The summed E-state index contributed by atoms with van der Waals surface area (Å²) in [5, 5.41) is 4.46. The fraction of sp³-hybridized carbons (Fsp3) is 0.286. The highest BCUT2D eigenvalue weighted by molar-refractivity contribution is 6.21. The van der Waals surface area contributed by atoms with Crippen LogP contribution in [0, 0.1) is 6.92 Å². The molecule has 31 heavy (non-hydrogen) atoms. The van der Waals surface area contributed by atoms with Gasteiger partial charge in [-0.2, -0.15) is 0 Å². The lowest BCUT2D eigenvalue weighted by Gasteiger charge is -2.22. The van der Waals surface area contributed by atoms with Gasteiger partial charge in [0.25, 0.3) is 0 Å². The van der Waals surface area contributed by atoms with Gasteiger partial charge >= 0.3 is 0 Å². The maximum atomic E-state index is 9.20. The monoisotopic (exact) mass is 408 g/mol. The zero-order valence-corrected chi connectivity index (χ0v) is 18.1. The molecule has 3 heteroatoms. The van der Waals surface area contributed by atoms with Crippen LogP contribution in [0.5, 0.6) is 0 Å². The van der Waals surface area contributed by atoms with Gasteiger partial charge in [-0.25, -0.2) is 9.55 Å². The molecule has 2 aromatic carbocycles. The van der Waals surface area contributed by atoms with Crippen molar-refractivity contribution < 1.29 is 10.4 Å². The minimum absolute atomic E-state index is 0.495. The Hall–Kier alpha value is -3.20. The van der Waals surface area contributed by atoms with E-state index in [1.807, 2.05) is 6.07 Å². The lowest BCUT2D eigenvalue weighted by molar-refractivity contribution is -0.660. The van der Waals surface area contributed by atoms with Crippen LogP contribution in [0.4, 0.5) is 0 Å². The molecule has 3 nitrogen and oxygen atoms in total. The van der Waals surface area contributed by atoms with Gasteiger partial charge in [-0.05, 0) is 54.3 Å². The summed E-state index contributed by atoms with van der Waals surface area (Å²) in [6, 6.07) is 16.9. The zero-order chi connectivity index (χ0) is 21.9. The quantitative estimate of drug-likeness (QED) is 0.295. The van der Waals surface area contributed by atoms with Crippen molar-refractivity contribution in [1.29, 1.82) is 0 Å². The molecule has 0 amide bonds. The fourth-order valence-electron chi connectivity index (χ4n) is 5.33. The molecular weight excluding hydrogens is 380 g/mol. The Bertz CT molecular complexity index is 1490. The largest absolute Gasteiger partial charge is 0.437 e. The van der Waals surface area contributed by atoms with Crippen molar-refractivity contribution in [2.45, 2.75) is 44.9 Å². The number of pyridine rings is 2. The Balaban J connectivity index is 1.73. The number of nitrogens with zero attached hydrogens (tertiary/aromatic N) is 2. The minimum Gasteiger partial charge on any atom is -0.437 e. The summed E-state index contributed by atoms with van der Waals surface area (Å²) in [5.74, 6) is -0.495. The molecule has 0 N–H and O–H groups in total. The second-order valence-electron chi connectivity index (χ2n) is 8.78. The highest BCUT2D eigenvalue weighted by Gasteiger charge is 2.26. The topological polar surface area (TPSA) is 29.9 Å². The third-order valence-corrected chi connectivity index (χ3v) is 6.94. The molecule has 1 aliphatic carbocycles. The first-order valence-electron chi connectivity index (χ1n) is 11.8. The summed E-state index contributed by atoms with van der Waals surface area (Å²) in [7, 11) is 2.09. The molecule has 0 radical (unpaired) electrons. The van der Waals surface area contributed by atoms with Gasteiger partial charge in [-0.1, -0.05) is 43.5 Å². The van der Waals surface area contributed by atoms with Crippen molar-refractivity contribution in [3.8, 4) is 11.3 Å². The van der Waals surface area contributed by atoms with Crippen molar-refractivity contribution in [2.75, 3.05) is 0 Å². The van der Waals surface area contributed by atoms with E-state index in [2.05, 4.69) is 72.2 Å². The zero-order valence-electron chi connectivity index (χ0n) is 19.1. The molecule has 0 aliphatic heterocycles. The van der Waals surface area contributed by atoms with Gasteiger partial charge < -0.3 is 4.42 Å². The average Bonchev–Trinajstić information content (AvgIpc) is 3.20. The van der Waals surface area contributed by atoms with Gasteiger partial charge in [0.05, 0.1) is 5.56 Å². The molecule has 0 bridgehead atoms. The molecule has 3 aromatic heterocycles. The number of furan rings is 1. The van der Waals surface area contributed by atoms with Crippen LogP contribution in [0.1, 0.15) is 50.5 Å². The average molecular weight is 409 g/mol. The van der Waals surface area contributed by atoms with Crippen LogP contribution in [0.15, 0.2) is 65.3 Å².